The minimum Gasteiger partial charge on any atom is -0.436 e. The molecule has 3 aliphatic heterocycles. The summed E-state index contributed by atoms with van der Waals surface area (Å²) in [6.07, 6.45) is 1.91. The molecule has 1 amide bonds. The van der Waals surface area contributed by atoms with Crippen LogP contribution >= 0.6 is 0 Å². The Kier molecular flexibility index (Phi) is 8.04. The van der Waals surface area contributed by atoms with Gasteiger partial charge in [-0.3, -0.25) is 4.79 Å². The molecular formula is C28H27F4N7O3. The van der Waals surface area contributed by atoms with E-state index in [2.05, 4.69) is 27.3 Å². The van der Waals surface area contributed by atoms with E-state index in [9.17, 15) is 23.1 Å². The van der Waals surface area contributed by atoms with Crippen molar-refractivity contribution in [2.75, 3.05) is 25.0 Å². The second-order valence-electron chi connectivity index (χ2n) is 10.1. The lowest BCUT2D eigenvalue weighted by Crippen LogP contribution is -2.53. The number of ether oxygens (including phenoxy) is 1. The molecule has 0 saturated carbocycles. The number of nitrogens with one attached hydrogen (secondary N) is 2. The van der Waals surface area contributed by atoms with Gasteiger partial charge in [-0.05, 0) is 48.9 Å². The number of rotatable bonds is 7. The Morgan fingerprint density at radius 2 is 2.10 bits per heavy atom. The molecule has 1 aromatic carbocycles. The van der Waals surface area contributed by atoms with E-state index >= 15 is 4.39 Å². The summed E-state index contributed by atoms with van der Waals surface area (Å²) >= 11 is 0. The van der Waals surface area contributed by atoms with E-state index in [0.29, 0.717) is 19.5 Å². The predicted octanol–water partition coefficient (Wildman–Crippen LogP) is 2.82. The molecule has 5 N–H and O–H groups in total. The highest BCUT2D eigenvalue weighted by atomic mass is 19.4. The lowest BCUT2D eigenvalue weighted by atomic mass is 9.91. The molecule has 3 aliphatic rings. The molecule has 0 bridgehead atoms. The van der Waals surface area contributed by atoms with Crippen molar-refractivity contribution in [3.63, 3.8) is 0 Å². The first-order valence-electron chi connectivity index (χ1n) is 13.0. The van der Waals surface area contributed by atoms with Crippen LogP contribution in [0.2, 0.25) is 0 Å². The Hall–Kier alpha value is -4.64. The number of aliphatic imine (C=N–C) groups is 1. The van der Waals surface area contributed by atoms with Gasteiger partial charge in [0.25, 0.3) is 5.91 Å². The number of aliphatic hydroxyl groups is 1. The van der Waals surface area contributed by atoms with E-state index in [-0.39, 0.29) is 53.0 Å². The van der Waals surface area contributed by atoms with Crippen LogP contribution in [-0.2, 0) is 15.7 Å². The molecule has 14 heteroatoms. The van der Waals surface area contributed by atoms with Gasteiger partial charge in [0.05, 0.1) is 17.3 Å². The van der Waals surface area contributed by atoms with Gasteiger partial charge in [0.1, 0.15) is 29.6 Å². The summed E-state index contributed by atoms with van der Waals surface area (Å²) in [5.74, 6) is 1.81. The molecule has 220 valence electrons. The van der Waals surface area contributed by atoms with Gasteiger partial charge in [-0.15, -0.1) is 0 Å². The fourth-order valence-electron chi connectivity index (χ4n) is 5.20. The lowest BCUT2D eigenvalue weighted by Gasteiger charge is -2.40. The van der Waals surface area contributed by atoms with Gasteiger partial charge in [-0.1, -0.05) is 6.07 Å². The molecular weight excluding hydrogens is 558 g/mol. The fraction of sp³-hybridized carbons (Fsp3) is 0.357. The Morgan fingerprint density at radius 1 is 1.29 bits per heavy atom. The maximum absolute atomic E-state index is 15.3. The van der Waals surface area contributed by atoms with Crippen molar-refractivity contribution in [1.82, 2.24) is 14.8 Å². The van der Waals surface area contributed by atoms with Crippen LogP contribution in [0, 0.1) is 29.2 Å². The summed E-state index contributed by atoms with van der Waals surface area (Å²) in [5, 5.41) is 21.7. The number of aromatic nitrogens is 1. The van der Waals surface area contributed by atoms with E-state index in [1.165, 1.54) is 18.3 Å². The number of hydrogen-bond acceptors (Lipinski definition) is 9. The second-order valence-corrected chi connectivity index (χ2v) is 10.1. The van der Waals surface area contributed by atoms with Crippen LogP contribution in [0.25, 0.3) is 0 Å². The first-order chi connectivity index (χ1) is 20.0. The first-order valence-corrected chi connectivity index (χ1v) is 13.0. The number of anilines is 1. The highest BCUT2D eigenvalue weighted by Gasteiger charge is 2.36. The van der Waals surface area contributed by atoms with Crippen LogP contribution in [0.3, 0.4) is 0 Å². The Bertz CT molecular complexity index is 1500. The highest BCUT2D eigenvalue weighted by molar-refractivity contribution is 6.16. The minimum atomic E-state index is -4.60. The van der Waals surface area contributed by atoms with E-state index in [1.54, 1.807) is 16.0 Å². The molecule has 2 aromatic rings. The van der Waals surface area contributed by atoms with Gasteiger partial charge in [-0.2, -0.15) is 13.2 Å². The van der Waals surface area contributed by atoms with Crippen molar-refractivity contribution in [2.45, 2.75) is 37.3 Å². The summed E-state index contributed by atoms with van der Waals surface area (Å²) in [6.45, 7) is 0.747. The molecule has 42 heavy (non-hydrogen) atoms. The maximum atomic E-state index is 15.3. The molecule has 0 radical (unpaired) electrons. The number of pyridine rings is 1. The summed E-state index contributed by atoms with van der Waals surface area (Å²) in [4.78, 5) is 23.8. The molecule has 5 rings (SSSR count). The van der Waals surface area contributed by atoms with Crippen LogP contribution in [0.1, 0.15) is 35.8 Å². The number of carbonyl (C=O) groups excluding carboxylic acids is 1. The summed E-state index contributed by atoms with van der Waals surface area (Å²) in [6, 6.07) is 4.04. The molecule has 0 spiro atoms. The maximum Gasteiger partial charge on any atom is 0.416 e. The van der Waals surface area contributed by atoms with Gasteiger partial charge in [-0.25, -0.2) is 14.4 Å². The Balaban J connectivity index is 1.29. The summed E-state index contributed by atoms with van der Waals surface area (Å²) in [7, 11) is 0. The average molecular weight is 586 g/mol. The third-order valence-electron chi connectivity index (χ3n) is 7.30. The van der Waals surface area contributed by atoms with Crippen LogP contribution in [0.4, 0.5) is 23.4 Å². The van der Waals surface area contributed by atoms with E-state index in [1.807, 2.05) is 0 Å². The Labute approximate surface area is 238 Å². The molecule has 1 fully saturated rings. The number of halogens is 4. The third-order valence-corrected chi connectivity index (χ3v) is 7.30. The van der Waals surface area contributed by atoms with Crippen LogP contribution in [0.15, 0.2) is 53.9 Å². The van der Waals surface area contributed by atoms with Crippen molar-refractivity contribution in [3.05, 3.63) is 71.4 Å². The van der Waals surface area contributed by atoms with Gasteiger partial charge < -0.3 is 36.1 Å². The largest absolute Gasteiger partial charge is 0.436 e. The predicted molar refractivity (Wildman–Crippen MR) is 144 cm³/mol. The van der Waals surface area contributed by atoms with Crippen molar-refractivity contribution in [2.24, 2.45) is 16.6 Å². The summed E-state index contributed by atoms with van der Waals surface area (Å²) in [5.41, 5.74) is 4.96. The monoisotopic (exact) mass is 585 g/mol. The summed E-state index contributed by atoms with van der Waals surface area (Å²) < 4.78 is 59.4. The van der Waals surface area contributed by atoms with E-state index < -0.39 is 29.8 Å². The number of benzene rings is 1. The normalized spacial score (nSPS) is 22.6. The highest BCUT2D eigenvalue weighted by Crippen LogP contribution is 2.31. The van der Waals surface area contributed by atoms with Crippen molar-refractivity contribution in [3.8, 4) is 12.0 Å². The molecule has 10 nitrogen and oxygen atoms in total. The molecule has 1 saturated heterocycles. The number of piperidine rings is 1. The first kappa shape index (κ1) is 28.9. The molecule has 1 aromatic heterocycles. The van der Waals surface area contributed by atoms with Crippen molar-refractivity contribution >= 4 is 23.3 Å². The standard InChI is InChI=1S/C28H27F4N7O3/c29-21-11-17(27(41)37-22-12-18(5-7-35-22)28(30,31)32)2-4-20(21)24(33)25-26(34)36-8-9-38(25)13-16-1-3-19-6-10-42-15-23(40)39(19)14-16/h2,4-5,7-9,11-12,16,19,25,27,33,41H,1,3,13-15H2,(H2,34,36)(H,35,37). The van der Waals surface area contributed by atoms with Gasteiger partial charge in [0.2, 0.25) is 0 Å². The molecule has 0 aliphatic carbocycles. The zero-order valence-electron chi connectivity index (χ0n) is 22.1. The number of aliphatic hydroxyl groups excluding tert-OH is 1. The zero-order chi connectivity index (χ0) is 30.0. The SMILES string of the molecule is N=C(c1ccc(C(O)Nc2cc(C(F)(F)F)ccn2)cc1F)C1C(N)=NC=CN1CC1CCC2C#COCC(=O)N2C1. The number of nitrogens with two attached hydrogens (primary N) is 1. The van der Waals surface area contributed by atoms with E-state index in [0.717, 1.165) is 30.8 Å². The topological polar surface area (TPSA) is 140 Å². The minimum absolute atomic E-state index is 0.0104. The third kappa shape index (κ3) is 6.15. The second kappa shape index (κ2) is 11.7. The van der Waals surface area contributed by atoms with Crippen LogP contribution < -0.4 is 11.1 Å². The van der Waals surface area contributed by atoms with Gasteiger partial charge >= 0.3 is 6.18 Å². The number of nitrogens with zero attached hydrogens (tertiary/aromatic N) is 4. The number of fused-ring (bicyclic) bond motifs is 1. The number of amidine groups is 1. The molecule has 4 unspecified atom stereocenters. The fourth-order valence-corrected chi connectivity index (χ4v) is 5.20. The number of carbonyl (C=O) groups is 1. The smallest absolute Gasteiger partial charge is 0.416 e. The molecule has 4 heterocycles. The van der Waals surface area contributed by atoms with Crippen molar-refractivity contribution in [1.29, 1.82) is 5.41 Å². The van der Waals surface area contributed by atoms with Gasteiger partial charge in [0.15, 0.2) is 12.8 Å². The lowest BCUT2D eigenvalue weighted by molar-refractivity contribution is -0.138. The van der Waals surface area contributed by atoms with Crippen LogP contribution in [-0.4, -0.2) is 69.1 Å². The van der Waals surface area contributed by atoms with E-state index in [4.69, 9.17) is 15.9 Å². The van der Waals surface area contributed by atoms with Gasteiger partial charge in [0, 0.05) is 42.8 Å². The quantitative estimate of drug-likeness (QED) is 0.170. The average Bonchev–Trinajstić information content (AvgIpc) is 3.13. The van der Waals surface area contributed by atoms with Crippen LogP contribution in [0.5, 0.6) is 0 Å². The van der Waals surface area contributed by atoms with Crippen molar-refractivity contribution < 1.29 is 32.2 Å². The number of hydrogen-bond donors (Lipinski definition) is 4. The Morgan fingerprint density at radius 3 is 2.86 bits per heavy atom. The number of amides is 1. The zero-order valence-corrected chi connectivity index (χ0v) is 22.1. The molecule has 4 atom stereocenters. The number of alkyl halides is 3.